The van der Waals surface area contributed by atoms with Crippen molar-refractivity contribution in [3.8, 4) is 11.1 Å². The molecule has 3 N–H and O–H groups in total. The molecule has 0 radical (unpaired) electrons. The fourth-order valence-electron chi connectivity index (χ4n) is 3.68. The van der Waals surface area contributed by atoms with Gasteiger partial charge in [-0.05, 0) is 36.1 Å². The molecule has 0 saturated carbocycles. The van der Waals surface area contributed by atoms with Crippen molar-refractivity contribution in [3.05, 3.63) is 54.2 Å². The number of carbonyl (C=O) groups is 2. The first kappa shape index (κ1) is 20.5. The number of nitrogens with two attached hydrogens (primary N) is 1. The van der Waals surface area contributed by atoms with E-state index in [1.807, 2.05) is 74.0 Å². The minimum atomic E-state index is -0.709. The number of ether oxygens (including phenoxy) is 1. The van der Waals surface area contributed by atoms with Crippen molar-refractivity contribution in [2.75, 3.05) is 12.8 Å². The van der Waals surface area contributed by atoms with Crippen LogP contribution in [0.15, 0.2) is 48.5 Å². The molecular weight excluding hydrogens is 366 g/mol. The van der Waals surface area contributed by atoms with Crippen LogP contribution in [-0.2, 0) is 16.6 Å². The second kappa shape index (κ2) is 8.39. The lowest BCUT2D eigenvalue weighted by atomic mass is 10.00. The van der Waals surface area contributed by atoms with Gasteiger partial charge in [0.1, 0.15) is 11.7 Å². The first-order chi connectivity index (χ1) is 13.8. The Balaban J connectivity index is 2.14. The van der Waals surface area contributed by atoms with E-state index in [0.717, 1.165) is 22.0 Å². The smallest absolute Gasteiger partial charge is 0.328 e. The molecule has 1 heterocycles. The predicted octanol–water partition coefficient (Wildman–Crippen LogP) is 3.75. The standard InChI is InChI=1S/C23H27N3O3/c1-14(2)12-18(23(28)29-4)25-22(27)21-20(15-8-6-5-7-9-15)17-13-16(24)10-11-19(17)26(21)3/h5-11,13-14,18H,12,24H2,1-4H3,(H,25,27)/t18-/m1/s1. The van der Waals surface area contributed by atoms with Gasteiger partial charge in [0.05, 0.1) is 7.11 Å². The number of amides is 1. The maximum Gasteiger partial charge on any atom is 0.328 e. The number of carbonyl (C=O) groups excluding carboxylic acids is 2. The summed E-state index contributed by atoms with van der Waals surface area (Å²) in [7, 11) is 3.17. The molecule has 6 nitrogen and oxygen atoms in total. The number of rotatable bonds is 6. The van der Waals surface area contributed by atoms with Gasteiger partial charge >= 0.3 is 5.97 Å². The molecule has 2 aromatic carbocycles. The lowest BCUT2D eigenvalue weighted by Crippen LogP contribution is -2.43. The van der Waals surface area contributed by atoms with Gasteiger partial charge in [0, 0.05) is 29.2 Å². The van der Waals surface area contributed by atoms with E-state index in [9.17, 15) is 9.59 Å². The molecule has 0 bridgehead atoms. The SMILES string of the molecule is COC(=O)[C@@H](CC(C)C)NC(=O)c1c(-c2ccccc2)c2cc(N)ccc2n1C. The molecule has 0 saturated heterocycles. The Morgan fingerprint density at radius 2 is 1.83 bits per heavy atom. The summed E-state index contributed by atoms with van der Waals surface area (Å²) in [4.78, 5) is 25.6. The zero-order valence-corrected chi connectivity index (χ0v) is 17.2. The van der Waals surface area contributed by atoms with Gasteiger partial charge in [-0.3, -0.25) is 4.79 Å². The van der Waals surface area contributed by atoms with Crippen LogP contribution in [0.3, 0.4) is 0 Å². The summed E-state index contributed by atoms with van der Waals surface area (Å²) < 4.78 is 6.74. The van der Waals surface area contributed by atoms with E-state index < -0.39 is 12.0 Å². The van der Waals surface area contributed by atoms with Crippen LogP contribution in [0.2, 0.25) is 0 Å². The number of aryl methyl sites for hydroxylation is 1. The Hall–Kier alpha value is -3.28. The van der Waals surface area contributed by atoms with E-state index in [-0.39, 0.29) is 11.8 Å². The second-order valence-electron chi connectivity index (χ2n) is 7.60. The fourth-order valence-corrected chi connectivity index (χ4v) is 3.68. The Kier molecular flexibility index (Phi) is 5.92. The lowest BCUT2D eigenvalue weighted by Gasteiger charge is -2.19. The monoisotopic (exact) mass is 393 g/mol. The minimum absolute atomic E-state index is 0.222. The third-order valence-electron chi connectivity index (χ3n) is 5.00. The van der Waals surface area contributed by atoms with Crippen molar-refractivity contribution in [2.45, 2.75) is 26.3 Å². The molecule has 0 aliphatic carbocycles. The molecule has 29 heavy (non-hydrogen) atoms. The van der Waals surface area contributed by atoms with Crippen molar-refractivity contribution in [1.29, 1.82) is 0 Å². The van der Waals surface area contributed by atoms with Gasteiger partial charge in [-0.1, -0.05) is 44.2 Å². The molecule has 0 aliphatic rings. The maximum atomic E-state index is 13.4. The quantitative estimate of drug-likeness (QED) is 0.493. The molecule has 6 heteroatoms. The zero-order chi connectivity index (χ0) is 21.1. The van der Waals surface area contributed by atoms with Crippen LogP contribution in [0.1, 0.15) is 30.8 Å². The third kappa shape index (κ3) is 4.11. The number of nitrogens with zero attached hydrogens (tertiary/aromatic N) is 1. The van der Waals surface area contributed by atoms with Crippen LogP contribution in [-0.4, -0.2) is 29.6 Å². The number of methoxy groups -OCH3 is 1. The van der Waals surface area contributed by atoms with Gasteiger partial charge < -0.3 is 20.4 Å². The van der Waals surface area contributed by atoms with E-state index in [0.29, 0.717) is 17.8 Å². The van der Waals surface area contributed by atoms with Crippen LogP contribution in [0, 0.1) is 5.92 Å². The summed E-state index contributed by atoms with van der Waals surface area (Å²) in [6, 6.07) is 14.6. The summed E-state index contributed by atoms with van der Waals surface area (Å²) in [6.45, 7) is 3.99. The van der Waals surface area contributed by atoms with Gasteiger partial charge in [-0.25, -0.2) is 4.79 Å². The average molecular weight is 393 g/mol. The highest BCUT2D eigenvalue weighted by molar-refractivity contribution is 6.11. The normalized spacial score (nSPS) is 12.2. The van der Waals surface area contributed by atoms with E-state index in [2.05, 4.69) is 5.32 Å². The van der Waals surface area contributed by atoms with Crippen molar-refractivity contribution in [3.63, 3.8) is 0 Å². The molecule has 3 rings (SSSR count). The van der Waals surface area contributed by atoms with Crippen LogP contribution in [0.5, 0.6) is 0 Å². The van der Waals surface area contributed by atoms with E-state index in [1.54, 1.807) is 0 Å². The molecule has 0 fully saturated rings. The third-order valence-corrected chi connectivity index (χ3v) is 5.00. The van der Waals surface area contributed by atoms with Crippen LogP contribution in [0.25, 0.3) is 22.0 Å². The largest absolute Gasteiger partial charge is 0.467 e. The van der Waals surface area contributed by atoms with Crippen molar-refractivity contribution >= 4 is 28.5 Å². The van der Waals surface area contributed by atoms with Crippen LogP contribution in [0.4, 0.5) is 5.69 Å². The predicted molar refractivity (Wildman–Crippen MR) is 115 cm³/mol. The van der Waals surface area contributed by atoms with Crippen molar-refractivity contribution in [1.82, 2.24) is 9.88 Å². The molecule has 1 atom stereocenters. The van der Waals surface area contributed by atoms with Gasteiger partial charge in [0.2, 0.25) is 0 Å². The second-order valence-corrected chi connectivity index (χ2v) is 7.60. The van der Waals surface area contributed by atoms with Crippen LogP contribution < -0.4 is 11.1 Å². The maximum absolute atomic E-state index is 13.4. The average Bonchev–Trinajstić information content (AvgIpc) is 2.98. The Morgan fingerprint density at radius 3 is 2.45 bits per heavy atom. The van der Waals surface area contributed by atoms with Crippen molar-refractivity contribution in [2.24, 2.45) is 13.0 Å². The fraction of sp³-hybridized carbons (Fsp3) is 0.304. The number of nitrogen functional groups attached to an aromatic ring is 1. The summed E-state index contributed by atoms with van der Waals surface area (Å²) in [5, 5.41) is 3.77. The van der Waals surface area contributed by atoms with E-state index in [4.69, 9.17) is 10.5 Å². The topological polar surface area (TPSA) is 86.3 Å². The van der Waals surface area contributed by atoms with E-state index in [1.165, 1.54) is 7.11 Å². The number of hydrogen-bond donors (Lipinski definition) is 2. The molecule has 0 unspecified atom stereocenters. The molecule has 0 spiro atoms. The first-order valence-corrected chi connectivity index (χ1v) is 9.65. The number of fused-ring (bicyclic) bond motifs is 1. The van der Waals surface area contributed by atoms with Gasteiger partial charge in [-0.15, -0.1) is 0 Å². The minimum Gasteiger partial charge on any atom is -0.467 e. The van der Waals surface area contributed by atoms with Crippen LogP contribution >= 0.6 is 0 Å². The number of esters is 1. The Bertz CT molecular complexity index is 1040. The molecule has 152 valence electrons. The Labute approximate surface area is 170 Å². The molecule has 3 aromatic rings. The number of aromatic nitrogens is 1. The van der Waals surface area contributed by atoms with Gasteiger partial charge in [-0.2, -0.15) is 0 Å². The number of benzene rings is 2. The molecule has 1 amide bonds. The molecule has 1 aromatic heterocycles. The van der Waals surface area contributed by atoms with E-state index >= 15 is 0 Å². The van der Waals surface area contributed by atoms with Gasteiger partial charge in [0.15, 0.2) is 0 Å². The van der Waals surface area contributed by atoms with Gasteiger partial charge in [0.25, 0.3) is 5.91 Å². The van der Waals surface area contributed by atoms with Crippen molar-refractivity contribution < 1.29 is 14.3 Å². The lowest BCUT2D eigenvalue weighted by molar-refractivity contribution is -0.143. The first-order valence-electron chi connectivity index (χ1n) is 9.65. The summed E-state index contributed by atoms with van der Waals surface area (Å²) in [5.41, 5.74) is 9.73. The highest BCUT2D eigenvalue weighted by atomic mass is 16.5. The molecular formula is C23H27N3O3. The summed E-state index contributed by atoms with van der Waals surface area (Å²) >= 11 is 0. The number of hydrogen-bond acceptors (Lipinski definition) is 4. The number of nitrogens with one attached hydrogen (secondary N) is 1. The summed E-state index contributed by atoms with van der Waals surface area (Å²) in [5.74, 6) is -0.547. The highest BCUT2D eigenvalue weighted by Crippen LogP contribution is 2.35. The highest BCUT2D eigenvalue weighted by Gasteiger charge is 2.28. The molecule has 0 aliphatic heterocycles. The zero-order valence-electron chi connectivity index (χ0n) is 17.2. The Morgan fingerprint density at radius 1 is 1.14 bits per heavy atom. The number of anilines is 1. The summed E-state index contributed by atoms with van der Waals surface area (Å²) in [6.07, 6.45) is 0.496.